The molecule has 0 bridgehead atoms. The van der Waals surface area contributed by atoms with Gasteiger partial charge in [-0.25, -0.2) is 0 Å². The van der Waals surface area contributed by atoms with E-state index >= 15 is 0 Å². The van der Waals surface area contributed by atoms with Crippen LogP contribution in [0.15, 0.2) is 0 Å². The third kappa shape index (κ3) is 6.48. The van der Waals surface area contributed by atoms with Crippen LogP contribution in [-0.2, 0) is 14.3 Å². The summed E-state index contributed by atoms with van der Waals surface area (Å²) in [5, 5.41) is 5.19. The first-order valence-electron chi connectivity index (χ1n) is 5.89. The van der Waals surface area contributed by atoms with Gasteiger partial charge in [-0.15, -0.1) is 11.6 Å². The Hall–Kier alpha value is -0.810. The van der Waals surface area contributed by atoms with Gasteiger partial charge < -0.3 is 15.4 Å². The van der Waals surface area contributed by atoms with Crippen LogP contribution in [0.1, 0.15) is 19.3 Å². The summed E-state index contributed by atoms with van der Waals surface area (Å²) in [5.74, 6) is 0.0262. The maximum Gasteiger partial charge on any atom is 0.239 e. The minimum Gasteiger partial charge on any atom is -0.381 e. The molecule has 5 nitrogen and oxygen atoms in total. The van der Waals surface area contributed by atoms with Gasteiger partial charge in [0.1, 0.15) is 5.88 Å². The van der Waals surface area contributed by atoms with Gasteiger partial charge in [0.25, 0.3) is 0 Å². The zero-order chi connectivity index (χ0) is 12.5. The van der Waals surface area contributed by atoms with Crippen molar-refractivity contribution >= 4 is 23.4 Å². The smallest absolute Gasteiger partial charge is 0.239 e. The first-order valence-corrected chi connectivity index (χ1v) is 6.43. The number of rotatable bonds is 6. The number of carbonyl (C=O) groups is 2. The lowest BCUT2D eigenvalue weighted by Crippen LogP contribution is -2.38. The minimum atomic E-state index is -0.328. The second-order valence-corrected chi connectivity index (χ2v) is 4.37. The van der Waals surface area contributed by atoms with E-state index in [1.165, 1.54) is 0 Å². The van der Waals surface area contributed by atoms with Crippen molar-refractivity contribution in [1.82, 2.24) is 10.6 Å². The molecule has 1 heterocycles. The summed E-state index contributed by atoms with van der Waals surface area (Å²) in [6, 6.07) is 0. The predicted molar refractivity (Wildman–Crippen MR) is 64.9 cm³/mol. The zero-order valence-electron chi connectivity index (χ0n) is 9.84. The highest BCUT2D eigenvalue weighted by Gasteiger charge is 2.13. The number of alkyl halides is 1. The van der Waals surface area contributed by atoms with Gasteiger partial charge in [0.2, 0.25) is 11.8 Å². The average molecular weight is 263 g/mol. The van der Waals surface area contributed by atoms with Crippen molar-refractivity contribution < 1.29 is 14.3 Å². The van der Waals surface area contributed by atoms with Crippen molar-refractivity contribution in [1.29, 1.82) is 0 Å². The van der Waals surface area contributed by atoms with Gasteiger partial charge in [-0.3, -0.25) is 9.59 Å². The molecule has 1 aliphatic heterocycles. The fourth-order valence-electron chi connectivity index (χ4n) is 1.74. The normalized spacial score (nSPS) is 16.5. The third-order valence-electron chi connectivity index (χ3n) is 2.78. The zero-order valence-corrected chi connectivity index (χ0v) is 10.6. The number of hydrogen-bond donors (Lipinski definition) is 2. The monoisotopic (exact) mass is 262 g/mol. The lowest BCUT2D eigenvalue weighted by atomic mass is 9.97. The summed E-state index contributed by atoms with van der Waals surface area (Å²) >= 11 is 5.29. The van der Waals surface area contributed by atoms with Gasteiger partial charge in [0.05, 0.1) is 6.54 Å². The van der Waals surface area contributed by atoms with Gasteiger partial charge in [0, 0.05) is 19.8 Å². The Balaban J connectivity index is 2.01. The summed E-state index contributed by atoms with van der Waals surface area (Å²) in [6.45, 7) is 2.30. The number of amides is 2. The Kier molecular flexibility index (Phi) is 6.96. The molecular weight excluding hydrogens is 244 g/mol. The predicted octanol–water partition coefficient (Wildman–Crippen LogP) is 0.274. The quantitative estimate of drug-likeness (QED) is 0.676. The number of halogens is 1. The van der Waals surface area contributed by atoms with Crippen LogP contribution in [0.25, 0.3) is 0 Å². The van der Waals surface area contributed by atoms with E-state index in [1.807, 2.05) is 0 Å². The molecule has 0 aromatic heterocycles. The topological polar surface area (TPSA) is 67.4 Å². The second-order valence-electron chi connectivity index (χ2n) is 4.10. The molecule has 17 heavy (non-hydrogen) atoms. The van der Waals surface area contributed by atoms with E-state index in [1.54, 1.807) is 0 Å². The van der Waals surface area contributed by atoms with Crippen LogP contribution in [0.4, 0.5) is 0 Å². The van der Waals surface area contributed by atoms with Crippen molar-refractivity contribution in [2.45, 2.75) is 19.3 Å². The van der Waals surface area contributed by atoms with Crippen LogP contribution in [0, 0.1) is 5.92 Å². The number of carbonyl (C=O) groups excluding carboxylic acids is 2. The van der Waals surface area contributed by atoms with Gasteiger partial charge in [0.15, 0.2) is 0 Å². The first-order chi connectivity index (χ1) is 8.22. The van der Waals surface area contributed by atoms with E-state index in [2.05, 4.69) is 10.6 Å². The van der Waals surface area contributed by atoms with Crippen LogP contribution >= 0.6 is 11.6 Å². The van der Waals surface area contributed by atoms with Crippen molar-refractivity contribution in [2.24, 2.45) is 5.92 Å². The third-order valence-corrected chi connectivity index (χ3v) is 3.03. The molecule has 0 spiro atoms. The first kappa shape index (κ1) is 14.3. The summed E-state index contributed by atoms with van der Waals surface area (Å²) in [6.07, 6.45) is 3.11. The number of ether oxygens (including phenoxy) is 1. The Morgan fingerprint density at radius 2 is 1.88 bits per heavy atom. The van der Waals surface area contributed by atoms with Crippen molar-refractivity contribution in [3.8, 4) is 0 Å². The number of nitrogens with one attached hydrogen (secondary N) is 2. The molecule has 1 aliphatic rings. The van der Waals surface area contributed by atoms with Crippen LogP contribution in [0.3, 0.4) is 0 Å². The highest BCUT2D eigenvalue weighted by Crippen LogP contribution is 2.17. The molecule has 2 amide bonds. The van der Waals surface area contributed by atoms with Crippen molar-refractivity contribution in [3.63, 3.8) is 0 Å². The SMILES string of the molecule is O=C(CCl)NCC(=O)NCCC1CCOCC1. The van der Waals surface area contributed by atoms with Gasteiger partial charge >= 0.3 is 0 Å². The lowest BCUT2D eigenvalue weighted by Gasteiger charge is -2.21. The van der Waals surface area contributed by atoms with Crippen LogP contribution in [-0.4, -0.2) is 44.0 Å². The molecule has 0 aliphatic carbocycles. The van der Waals surface area contributed by atoms with E-state index in [0.717, 1.165) is 32.5 Å². The molecule has 0 saturated carbocycles. The average Bonchev–Trinajstić information content (AvgIpc) is 2.37. The molecule has 98 valence electrons. The Morgan fingerprint density at radius 3 is 2.53 bits per heavy atom. The van der Waals surface area contributed by atoms with Crippen molar-refractivity contribution in [2.75, 3.05) is 32.2 Å². The molecule has 1 saturated heterocycles. The summed E-state index contributed by atoms with van der Waals surface area (Å²) in [7, 11) is 0. The maximum atomic E-state index is 11.3. The van der Waals surface area contributed by atoms with E-state index in [4.69, 9.17) is 16.3 Å². The minimum absolute atomic E-state index is 0.000664. The summed E-state index contributed by atoms with van der Waals surface area (Å²) in [5.41, 5.74) is 0. The fraction of sp³-hybridized carbons (Fsp3) is 0.818. The summed E-state index contributed by atoms with van der Waals surface area (Å²) in [4.78, 5) is 22.1. The lowest BCUT2D eigenvalue weighted by molar-refractivity contribution is -0.124. The van der Waals surface area contributed by atoms with Crippen LogP contribution in [0.5, 0.6) is 0 Å². The number of hydrogen-bond acceptors (Lipinski definition) is 3. The molecule has 0 aromatic carbocycles. The molecule has 0 unspecified atom stereocenters. The molecular formula is C11H19ClN2O3. The van der Waals surface area contributed by atoms with Crippen molar-refractivity contribution in [3.05, 3.63) is 0 Å². The van der Waals surface area contributed by atoms with E-state index in [9.17, 15) is 9.59 Å². The van der Waals surface area contributed by atoms with Gasteiger partial charge in [-0.05, 0) is 25.2 Å². The Labute approximate surface area is 106 Å². The maximum absolute atomic E-state index is 11.3. The second kappa shape index (κ2) is 8.31. The highest BCUT2D eigenvalue weighted by atomic mass is 35.5. The van der Waals surface area contributed by atoms with E-state index < -0.39 is 0 Å². The molecule has 2 N–H and O–H groups in total. The molecule has 6 heteroatoms. The molecule has 0 aromatic rings. The van der Waals surface area contributed by atoms with E-state index in [-0.39, 0.29) is 24.2 Å². The molecule has 0 atom stereocenters. The molecule has 1 fully saturated rings. The Bertz CT molecular complexity index is 255. The molecule has 1 rings (SSSR count). The van der Waals surface area contributed by atoms with E-state index in [0.29, 0.717) is 12.5 Å². The van der Waals surface area contributed by atoms with Crippen LogP contribution in [0.2, 0.25) is 0 Å². The van der Waals surface area contributed by atoms with Crippen LogP contribution < -0.4 is 10.6 Å². The largest absolute Gasteiger partial charge is 0.381 e. The molecule has 0 radical (unpaired) electrons. The standard InChI is InChI=1S/C11H19ClN2O3/c12-7-10(15)14-8-11(16)13-4-1-9-2-5-17-6-3-9/h9H,1-8H2,(H,13,16)(H,14,15). The summed E-state index contributed by atoms with van der Waals surface area (Å²) < 4.78 is 5.26. The Morgan fingerprint density at radius 1 is 1.18 bits per heavy atom. The highest BCUT2D eigenvalue weighted by molar-refractivity contribution is 6.27. The fourth-order valence-corrected chi connectivity index (χ4v) is 1.83. The van der Waals surface area contributed by atoms with Gasteiger partial charge in [-0.1, -0.05) is 0 Å². The van der Waals surface area contributed by atoms with Gasteiger partial charge in [-0.2, -0.15) is 0 Å².